The molecule has 0 spiro atoms. The van der Waals surface area contributed by atoms with Crippen LogP contribution in [0.4, 0.5) is 5.69 Å². The molecule has 6 heteroatoms. The number of para-hydroxylation sites is 1. The zero-order valence-corrected chi connectivity index (χ0v) is 15.6. The Balaban J connectivity index is 1.50. The molecule has 0 bridgehead atoms. The van der Waals surface area contributed by atoms with Crippen LogP contribution in [0.3, 0.4) is 0 Å². The Morgan fingerprint density at radius 3 is 2.37 bits per heavy atom. The van der Waals surface area contributed by atoms with Crippen LogP contribution in [0.1, 0.15) is 12.5 Å². The molecule has 138 valence electrons. The molecule has 3 rings (SSSR count). The second-order valence-corrected chi connectivity index (χ2v) is 6.65. The van der Waals surface area contributed by atoms with Crippen LogP contribution in [0.2, 0.25) is 0 Å². The van der Waals surface area contributed by atoms with Crippen LogP contribution in [0, 0.1) is 0 Å². The molecule has 0 aliphatic carbocycles. The standard InChI is InChI=1S/C21H19NO4S/c1-15(25-20(23)13-16-11-12-27-14-16)21(24)22-17-7-9-19(10-8-17)26-18-5-3-2-4-6-18/h2-12,14-15H,13H2,1H3,(H,22,24). The SMILES string of the molecule is CC(OC(=O)Cc1ccsc1)C(=O)Nc1ccc(Oc2ccccc2)cc1. The van der Waals surface area contributed by atoms with Gasteiger partial charge in [-0.1, -0.05) is 18.2 Å². The number of thiophene rings is 1. The van der Waals surface area contributed by atoms with E-state index in [2.05, 4.69) is 5.32 Å². The van der Waals surface area contributed by atoms with Gasteiger partial charge in [-0.3, -0.25) is 9.59 Å². The molecule has 1 aromatic heterocycles. The lowest BCUT2D eigenvalue weighted by atomic mass is 10.2. The maximum atomic E-state index is 12.2. The molecule has 1 heterocycles. The summed E-state index contributed by atoms with van der Waals surface area (Å²) in [5.41, 5.74) is 1.48. The molecule has 0 saturated carbocycles. The number of anilines is 1. The molecule has 0 aliphatic rings. The first-order valence-corrected chi connectivity index (χ1v) is 9.39. The lowest BCUT2D eigenvalue weighted by Crippen LogP contribution is -2.30. The first kappa shape index (κ1) is 18.7. The molecule has 0 aliphatic heterocycles. The number of carbonyl (C=O) groups excluding carboxylic acids is 2. The maximum Gasteiger partial charge on any atom is 0.311 e. The van der Waals surface area contributed by atoms with Crippen LogP contribution in [0.25, 0.3) is 0 Å². The molecule has 1 amide bonds. The van der Waals surface area contributed by atoms with E-state index in [4.69, 9.17) is 9.47 Å². The molecule has 27 heavy (non-hydrogen) atoms. The molecule has 1 atom stereocenters. The number of carbonyl (C=O) groups is 2. The Morgan fingerprint density at radius 2 is 1.70 bits per heavy atom. The van der Waals surface area contributed by atoms with Crippen molar-refractivity contribution in [3.8, 4) is 11.5 Å². The summed E-state index contributed by atoms with van der Waals surface area (Å²) in [5.74, 6) is 0.586. The van der Waals surface area contributed by atoms with E-state index in [1.807, 2.05) is 47.2 Å². The summed E-state index contributed by atoms with van der Waals surface area (Å²) in [6.45, 7) is 1.55. The first-order chi connectivity index (χ1) is 13.1. The van der Waals surface area contributed by atoms with Crippen LogP contribution < -0.4 is 10.1 Å². The summed E-state index contributed by atoms with van der Waals surface area (Å²) in [5, 5.41) is 6.50. The summed E-state index contributed by atoms with van der Waals surface area (Å²) in [4.78, 5) is 24.1. The molecule has 0 fully saturated rings. The van der Waals surface area contributed by atoms with E-state index < -0.39 is 12.1 Å². The monoisotopic (exact) mass is 381 g/mol. The Hall–Kier alpha value is -3.12. The van der Waals surface area contributed by atoms with Gasteiger partial charge in [0.15, 0.2) is 6.10 Å². The van der Waals surface area contributed by atoms with Gasteiger partial charge in [-0.15, -0.1) is 0 Å². The number of benzene rings is 2. The normalized spacial score (nSPS) is 11.4. The Labute approximate surface area is 161 Å². The Morgan fingerprint density at radius 1 is 1.00 bits per heavy atom. The van der Waals surface area contributed by atoms with E-state index in [-0.39, 0.29) is 12.3 Å². The topological polar surface area (TPSA) is 64.6 Å². The predicted molar refractivity (Wildman–Crippen MR) is 105 cm³/mol. The van der Waals surface area contributed by atoms with Gasteiger partial charge in [-0.25, -0.2) is 0 Å². The number of hydrogen-bond acceptors (Lipinski definition) is 5. The van der Waals surface area contributed by atoms with Gasteiger partial charge in [-0.05, 0) is 65.7 Å². The van der Waals surface area contributed by atoms with E-state index >= 15 is 0 Å². The molecular weight excluding hydrogens is 362 g/mol. The van der Waals surface area contributed by atoms with Crippen molar-refractivity contribution < 1.29 is 19.1 Å². The van der Waals surface area contributed by atoms with Gasteiger partial charge >= 0.3 is 5.97 Å². The van der Waals surface area contributed by atoms with Gasteiger partial charge in [0.1, 0.15) is 11.5 Å². The third kappa shape index (κ3) is 5.69. The maximum absolute atomic E-state index is 12.2. The lowest BCUT2D eigenvalue weighted by molar-refractivity contribution is -0.152. The van der Waals surface area contributed by atoms with E-state index in [0.717, 1.165) is 11.3 Å². The van der Waals surface area contributed by atoms with Crippen LogP contribution >= 0.6 is 11.3 Å². The average Bonchev–Trinajstić information content (AvgIpc) is 3.17. The van der Waals surface area contributed by atoms with E-state index in [9.17, 15) is 9.59 Å². The van der Waals surface area contributed by atoms with Crippen LogP contribution in [-0.2, 0) is 20.7 Å². The van der Waals surface area contributed by atoms with E-state index in [1.165, 1.54) is 11.3 Å². The van der Waals surface area contributed by atoms with Crippen molar-refractivity contribution in [3.05, 3.63) is 77.0 Å². The number of esters is 1. The second-order valence-electron chi connectivity index (χ2n) is 5.87. The molecule has 5 nitrogen and oxygen atoms in total. The highest BCUT2D eigenvalue weighted by molar-refractivity contribution is 7.08. The summed E-state index contributed by atoms with van der Waals surface area (Å²) >= 11 is 1.51. The van der Waals surface area contributed by atoms with Crippen LogP contribution in [-0.4, -0.2) is 18.0 Å². The minimum Gasteiger partial charge on any atom is -0.457 e. The van der Waals surface area contributed by atoms with Crippen LogP contribution in [0.15, 0.2) is 71.4 Å². The largest absolute Gasteiger partial charge is 0.457 e. The third-order valence-electron chi connectivity index (χ3n) is 3.71. The van der Waals surface area contributed by atoms with Gasteiger partial charge < -0.3 is 14.8 Å². The van der Waals surface area contributed by atoms with E-state index in [0.29, 0.717) is 11.4 Å². The minimum absolute atomic E-state index is 0.159. The molecule has 0 radical (unpaired) electrons. The van der Waals surface area contributed by atoms with Gasteiger partial charge in [0.2, 0.25) is 0 Å². The predicted octanol–water partition coefficient (Wildman–Crippen LogP) is 4.65. The van der Waals surface area contributed by atoms with Gasteiger partial charge in [-0.2, -0.15) is 11.3 Å². The number of nitrogens with one attached hydrogen (secondary N) is 1. The summed E-state index contributed by atoms with van der Waals surface area (Å²) in [7, 11) is 0. The fourth-order valence-corrected chi connectivity index (χ4v) is 3.00. The van der Waals surface area contributed by atoms with Gasteiger partial charge in [0.05, 0.1) is 6.42 Å². The van der Waals surface area contributed by atoms with Crippen molar-refractivity contribution >= 4 is 28.9 Å². The highest BCUT2D eigenvalue weighted by Crippen LogP contribution is 2.22. The fraction of sp³-hybridized carbons (Fsp3) is 0.143. The third-order valence-corrected chi connectivity index (χ3v) is 4.44. The number of amides is 1. The quantitative estimate of drug-likeness (QED) is 0.605. The summed E-state index contributed by atoms with van der Waals surface area (Å²) in [6.07, 6.45) is -0.719. The number of ether oxygens (including phenoxy) is 2. The number of rotatable bonds is 7. The average molecular weight is 381 g/mol. The molecule has 2 aromatic carbocycles. The van der Waals surface area contributed by atoms with Crippen LogP contribution in [0.5, 0.6) is 11.5 Å². The van der Waals surface area contributed by atoms with Crippen molar-refractivity contribution in [2.45, 2.75) is 19.4 Å². The molecular formula is C21H19NO4S. The highest BCUT2D eigenvalue weighted by atomic mass is 32.1. The number of hydrogen-bond donors (Lipinski definition) is 1. The highest BCUT2D eigenvalue weighted by Gasteiger charge is 2.18. The molecule has 3 aromatic rings. The molecule has 0 saturated heterocycles. The smallest absolute Gasteiger partial charge is 0.311 e. The van der Waals surface area contributed by atoms with Crippen molar-refractivity contribution in [1.29, 1.82) is 0 Å². The molecule has 1 unspecified atom stereocenters. The minimum atomic E-state index is -0.878. The van der Waals surface area contributed by atoms with Crippen molar-refractivity contribution in [1.82, 2.24) is 0 Å². The summed E-state index contributed by atoms with van der Waals surface area (Å²) < 4.78 is 10.9. The fourth-order valence-electron chi connectivity index (χ4n) is 2.33. The zero-order valence-electron chi connectivity index (χ0n) is 14.8. The van der Waals surface area contributed by atoms with Crippen molar-refractivity contribution in [2.24, 2.45) is 0 Å². The lowest BCUT2D eigenvalue weighted by Gasteiger charge is -2.13. The van der Waals surface area contributed by atoms with E-state index in [1.54, 1.807) is 31.2 Å². The Bertz CT molecular complexity index is 876. The zero-order chi connectivity index (χ0) is 19.1. The first-order valence-electron chi connectivity index (χ1n) is 8.44. The summed E-state index contributed by atoms with van der Waals surface area (Å²) in [6, 6.07) is 18.3. The second kappa shape index (κ2) is 9.00. The Kier molecular flexibility index (Phi) is 6.22. The van der Waals surface area contributed by atoms with Gasteiger partial charge in [0, 0.05) is 5.69 Å². The van der Waals surface area contributed by atoms with Crippen molar-refractivity contribution in [2.75, 3.05) is 5.32 Å². The molecule has 1 N–H and O–H groups in total. The van der Waals surface area contributed by atoms with Gasteiger partial charge in [0.25, 0.3) is 5.91 Å². The van der Waals surface area contributed by atoms with Crippen molar-refractivity contribution in [3.63, 3.8) is 0 Å².